The molecule has 1 N–H and O–H groups in total. The standard InChI is InChI=1S/C17H30O2Si/c1-13(2)20(14(3)4,15(5)6)19-12-11-16-7-9-17(18)10-8-16/h7-10,13-15,18H,11-12H2,1-6H3. The minimum absolute atomic E-state index is 0.324. The highest BCUT2D eigenvalue weighted by molar-refractivity contribution is 6.77. The normalized spacial score (nSPS) is 12.7. The van der Waals surface area contributed by atoms with E-state index in [2.05, 4.69) is 41.5 Å². The molecule has 0 spiro atoms. The van der Waals surface area contributed by atoms with Crippen LogP contribution in [0, 0.1) is 0 Å². The van der Waals surface area contributed by atoms with Crippen molar-refractivity contribution in [1.82, 2.24) is 0 Å². The SMILES string of the molecule is CC(C)[Si](OCCc1ccc(O)cc1)(C(C)C)C(C)C. The highest BCUT2D eigenvalue weighted by atomic mass is 28.4. The Labute approximate surface area is 125 Å². The van der Waals surface area contributed by atoms with Gasteiger partial charge in [-0.1, -0.05) is 53.7 Å². The number of rotatable bonds is 7. The molecule has 0 unspecified atom stereocenters. The molecule has 0 fully saturated rings. The summed E-state index contributed by atoms with van der Waals surface area (Å²) in [5.41, 5.74) is 3.11. The molecule has 114 valence electrons. The molecule has 1 aromatic rings. The van der Waals surface area contributed by atoms with E-state index in [-0.39, 0.29) is 0 Å². The summed E-state index contributed by atoms with van der Waals surface area (Å²) in [5.74, 6) is 0.324. The number of phenolic OH excluding ortho intramolecular Hbond substituents is 1. The van der Waals surface area contributed by atoms with Crippen LogP contribution in [-0.2, 0) is 10.8 Å². The Hall–Kier alpha value is -0.803. The Balaban J connectivity index is 2.70. The zero-order valence-electron chi connectivity index (χ0n) is 13.8. The van der Waals surface area contributed by atoms with Gasteiger partial charge in [0, 0.05) is 6.61 Å². The molecular formula is C17H30O2Si. The molecule has 1 aromatic carbocycles. The van der Waals surface area contributed by atoms with Crippen molar-refractivity contribution in [3.8, 4) is 5.75 Å². The minimum Gasteiger partial charge on any atom is -0.508 e. The first kappa shape index (κ1) is 17.2. The van der Waals surface area contributed by atoms with Crippen molar-refractivity contribution in [1.29, 1.82) is 0 Å². The number of hydrogen-bond donors (Lipinski definition) is 1. The first-order chi connectivity index (χ1) is 9.30. The van der Waals surface area contributed by atoms with E-state index in [0.29, 0.717) is 22.4 Å². The Bertz CT molecular complexity index is 374. The third-order valence-electron chi connectivity index (χ3n) is 4.39. The van der Waals surface area contributed by atoms with E-state index in [1.165, 1.54) is 5.56 Å². The molecule has 0 heterocycles. The van der Waals surface area contributed by atoms with Crippen LogP contribution in [0.1, 0.15) is 47.1 Å². The first-order valence-corrected chi connectivity index (χ1v) is 9.86. The van der Waals surface area contributed by atoms with Crippen LogP contribution >= 0.6 is 0 Å². The van der Waals surface area contributed by atoms with E-state index in [1.807, 2.05) is 12.1 Å². The van der Waals surface area contributed by atoms with Gasteiger partial charge >= 0.3 is 0 Å². The minimum atomic E-state index is -1.74. The average molecular weight is 295 g/mol. The number of benzene rings is 1. The highest BCUT2D eigenvalue weighted by Crippen LogP contribution is 2.42. The predicted octanol–water partition coefficient (Wildman–Crippen LogP) is 5.13. The van der Waals surface area contributed by atoms with E-state index >= 15 is 0 Å². The van der Waals surface area contributed by atoms with Gasteiger partial charge in [-0.05, 0) is 40.7 Å². The highest BCUT2D eigenvalue weighted by Gasteiger charge is 2.44. The molecule has 0 aromatic heterocycles. The van der Waals surface area contributed by atoms with Crippen molar-refractivity contribution in [3.63, 3.8) is 0 Å². The van der Waals surface area contributed by atoms with Crippen LogP contribution in [0.2, 0.25) is 16.6 Å². The summed E-state index contributed by atoms with van der Waals surface area (Å²) in [6.07, 6.45) is 0.918. The second-order valence-electron chi connectivity index (χ2n) is 6.58. The fourth-order valence-electron chi connectivity index (χ4n) is 3.51. The van der Waals surface area contributed by atoms with Crippen LogP contribution in [-0.4, -0.2) is 20.0 Å². The van der Waals surface area contributed by atoms with Gasteiger partial charge in [0.1, 0.15) is 5.75 Å². The molecule has 0 aliphatic carbocycles. The monoisotopic (exact) mass is 294 g/mol. The smallest absolute Gasteiger partial charge is 0.200 e. The second-order valence-corrected chi connectivity index (χ2v) is 12.0. The van der Waals surface area contributed by atoms with Crippen LogP contribution in [0.4, 0.5) is 0 Å². The molecule has 0 radical (unpaired) electrons. The van der Waals surface area contributed by atoms with Gasteiger partial charge in [-0.25, -0.2) is 0 Å². The van der Waals surface area contributed by atoms with Crippen LogP contribution in [0.15, 0.2) is 24.3 Å². The molecule has 2 nitrogen and oxygen atoms in total. The topological polar surface area (TPSA) is 29.5 Å². The van der Waals surface area contributed by atoms with Crippen molar-refractivity contribution in [2.24, 2.45) is 0 Å². The van der Waals surface area contributed by atoms with Gasteiger partial charge in [0.05, 0.1) is 0 Å². The Morgan fingerprint density at radius 2 is 1.35 bits per heavy atom. The molecular weight excluding hydrogens is 264 g/mol. The lowest BCUT2D eigenvalue weighted by molar-refractivity contribution is 0.281. The third kappa shape index (κ3) is 3.86. The summed E-state index contributed by atoms with van der Waals surface area (Å²) < 4.78 is 6.52. The van der Waals surface area contributed by atoms with E-state index < -0.39 is 8.32 Å². The Morgan fingerprint density at radius 3 is 1.75 bits per heavy atom. The first-order valence-electron chi connectivity index (χ1n) is 7.72. The van der Waals surface area contributed by atoms with E-state index in [4.69, 9.17) is 4.43 Å². The van der Waals surface area contributed by atoms with Crippen LogP contribution in [0.3, 0.4) is 0 Å². The molecule has 0 saturated heterocycles. The summed E-state index contributed by atoms with van der Waals surface area (Å²) in [4.78, 5) is 0. The van der Waals surface area contributed by atoms with E-state index in [9.17, 15) is 5.11 Å². The average Bonchev–Trinajstić information content (AvgIpc) is 2.35. The maximum atomic E-state index is 9.31. The van der Waals surface area contributed by atoms with Gasteiger partial charge in [-0.15, -0.1) is 0 Å². The molecule has 20 heavy (non-hydrogen) atoms. The summed E-state index contributed by atoms with van der Waals surface area (Å²) in [7, 11) is -1.74. The summed E-state index contributed by atoms with van der Waals surface area (Å²) in [6, 6.07) is 7.44. The third-order valence-corrected chi connectivity index (χ3v) is 10.5. The van der Waals surface area contributed by atoms with Gasteiger partial charge in [-0.3, -0.25) is 0 Å². The summed E-state index contributed by atoms with van der Waals surface area (Å²) >= 11 is 0. The lowest BCUT2D eigenvalue weighted by Gasteiger charge is -2.42. The number of aromatic hydroxyl groups is 1. The van der Waals surface area contributed by atoms with Gasteiger partial charge < -0.3 is 9.53 Å². The van der Waals surface area contributed by atoms with Gasteiger partial charge in [-0.2, -0.15) is 0 Å². The van der Waals surface area contributed by atoms with Gasteiger partial charge in [0.15, 0.2) is 8.32 Å². The quantitative estimate of drug-likeness (QED) is 0.707. The molecule has 0 aliphatic heterocycles. The number of hydrogen-bond acceptors (Lipinski definition) is 2. The van der Waals surface area contributed by atoms with Crippen molar-refractivity contribution >= 4 is 8.32 Å². The predicted molar refractivity (Wildman–Crippen MR) is 88.8 cm³/mol. The van der Waals surface area contributed by atoms with Crippen LogP contribution in [0.5, 0.6) is 5.75 Å². The zero-order valence-corrected chi connectivity index (χ0v) is 14.8. The lowest BCUT2D eigenvalue weighted by atomic mass is 10.2. The Morgan fingerprint density at radius 1 is 0.900 bits per heavy atom. The summed E-state index contributed by atoms with van der Waals surface area (Å²) in [5, 5.41) is 9.31. The molecule has 3 heteroatoms. The second kappa shape index (κ2) is 7.28. The maximum Gasteiger partial charge on any atom is 0.200 e. The Kier molecular flexibility index (Phi) is 6.27. The fourth-order valence-corrected chi connectivity index (χ4v) is 8.96. The van der Waals surface area contributed by atoms with Crippen molar-refractivity contribution in [3.05, 3.63) is 29.8 Å². The fraction of sp³-hybridized carbons (Fsp3) is 0.647. The van der Waals surface area contributed by atoms with Crippen molar-refractivity contribution in [2.75, 3.05) is 6.61 Å². The van der Waals surface area contributed by atoms with Crippen LogP contribution in [0.25, 0.3) is 0 Å². The molecule has 0 atom stereocenters. The van der Waals surface area contributed by atoms with Crippen LogP contribution < -0.4 is 0 Å². The molecule has 1 rings (SSSR count). The molecule has 0 bridgehead atoms. The zero-order chi connectivity index (χ0) is 15.3. The molecule has 0 saturated carbocycles. The largest absolute Gasteiger partial charge is 0.508 e. The number of phenols is 1. The summed E-state index contributed by atoms with van der Waals surface area (Å²) in [6.45, 7) is 14.7. The lowest BCUT2D eigenvalue weighted by Crippen LogP contribution is -2.48. The van der Waals surface area contributed by atoms with Crippen molar-refractivity contribution < 1.29 is 9.53 Å². The molecule has 0 aliphatic rings. The maximum absolute atomic E-state index is 9.31. The van der Waals surface area contributed by atoms with E-state index in [1.54, 1.807) is 12.1 Å². The van der Waals surface area contributed by atoms with E-state index in [0.717, 1.165) is 13.0 Å². The van der Waals surface area contributed by atoms with Crippen molar-refractivity contribution in [2.45, 2.75) is 64.6 Å². The molecule has 0 amide bonds. The van der Waals surface area contributed by atoms with Gasteiger partial charge in [0.2, 0.25) is 0 Å². The van der Waals surface area contributed by atoms with Gasteiger partial charge in [0.25, 0.3) is 0 Å².